The highest BCUT2D eigenvalue weighted by Crippen LogP contribution is 2.34. The average molecular weight is 415 g/mol. The lowest BCUT2D eigenvalue weighted by molar-refractivity contribution is -0.132. The fourth-order valence-electron chi connectivity index (χ4n) is 5.70. The first-order chi connectivity index (χ1) is 14.7. The molecule has 0 bridgehead atoms. The lowest BCUT2D eigenvalue weighted by Gasteiger charge is -2.41. The molecule has 0 aromatic carbocycles. The summed E-state index contributed by atoms with van der Waals surface area (Å²) in [5, 5.41) is 0. The van der Waals surface area contributed by atoms with Gasteiger partial charge in [-0.05, 0) is 25.7 Å². The van der Waals surface area contributed by atoms with Crippen LogP contribution in [0, 0.1) is 0 Å². The van der Waals surface area contributed by atoms with Gasteiger partial charge in [0.15, 0.2) is 0 Å². The predicted molar refractivity (Wildman–Crippen MR) is 116 cm³/mol. The number of anilines is 2. The molecule has 1 aromatic heterocycles. The Balaban J connectivity index is 1.36. The molecule has 1 aromatic rings. The van der Waals surface area contributed by atoms with Crippen LogP contribution in [0.5, 0.6) is 0 Å². The van der Waals surface area contributed by atoms with E-state index in [1.165, 1.54) is 12.8 Å². The summed E-state index contributed by atoms with van der Waals surface area (Å²) < 4.78 is 5.52. The maximum Gasteiger partial charge on any atom is 0.242 e. The van der Waals surface area contributed by atoms with Gasteiger partial charge in [0, 0.05) is 45.3 Å². The summed E-state index contributed by atoms with van der Waals surface area (Å²) in [6, 6.07) is 1.02. The first-order valence-corrected chi connectivity index (χ1v) is 11.6. The van der Waals surface area contributed by atoms with Gasteiger partial charge in [0.1, 0.15) is 18.0 Å². The number of aromatic nitrogens is 2. The highest BCUT2D eigenvalue weighted by molar-refractivity contribution is 5.84. The van der Waals surface area contributed by atoms with E-state index in [0.717, 1.165) is 82.3 Å². The smallest absolute Gasteiger partial charge is 0.242 e. The van der Waals surface area contributed by atoms with Gasteiger partial charge in [-0.1, -0.05) is 12.8 Å². The van der Waals surface area contributed by atoms with Crippen LogP contribution in [0.2, 0.25) is 0 Å². The van der Waals surface area contributed by atoms with Crippen LogP contribution in [0.3, 0.4) is 0 Å². The zero-order valence-electron chi connectivity index (χ0n) is 18.1. The minimum absolute atomic E-state index is 0.222. The molecule has 8 nitrogen and oxygen atoms in total. The van der Waals surface area contributed by atoms with Crippen molar-refractivity contribution in [3.05, 3.63) is 11.9 Å². The van der Waals surface area contributed by atoms with Crippen molar-refractivity contribution < 1.29 is 9.53 Å². The summed E-state index contributed by atoms with van der Waals surface area (Å²) in [6.07, 6.45) is 8.68. The van der Waals surface area contributed by atoms with Crippen LogP contribution in [0.1, 0.15) is 44.1 Å². The summed E-state index contributed by atoms with van der Waals surface area (Å²) in [7, 11) is 1.98. The van der Waals surface area contributed by atoms with E-state index in [1.807, 2.05) is 11.9 Å². The van der Waals surface area contributed by atoms with Gasteiger partial charge in [-0.2, -0.15) is 0 Å². The summed E-state index contributed by atoms with van der Waals surface area (Å²) >= 11 is 0. The van der Waals surface area contributed by atoms with Crippen LogP contribution in [-0.4, -0.2) is 90.7 Å². The number of carbonyl (C=O) groups is 1. The highest BCUT2D eigenvalue weighted by Gasteiger charge is 2.34. The normalized spacial score (nSPS) is 25.0. The minimum atomic E-state index is 0.222. The molecule has 2 saturated heterocycles. The molecule has 5 rings (SSSR count). The molecule has 0 N–H and O–H groups in total. The fraction of sp³-hybridized carbons (Fsp3) is 0.773. The molecule has 4 aliphatic rings. The van der Waals surface area contributed by atoms with Gasteiger partial charge in [-0.3, -0.25) is 9.69 Å². The number of fused-ring (bicyclic) bond motifs is 1. The maximum absolute atomic E-state index is 13.0. The molecule has 8 heteroatoms. The van der Waals surface area contributed by atoms with Gasteiger partial charge >= 0.3 is 0 Å². The zero-order valence-corrected chi connectivity index (χ0v) is 18.1. The van der Waals surface area contributed by atoms with Crippen molar-refractivity contribution in [3.8, 4) is 0 Å². The second-order valence-corrected chi connectivity index (χ2v) is 9.18. The van der Waals surface area contributed by atoms with Crippen molar-refractivity contribution in [2.45, 2.75) is 57.2 Å². The highest BCUT2D eigenvalue weighted by atomic mass is 16.5. The number of hydrogen-bond donors (Lipinski definition) is 0. The molecule has 164 valence electrons. The molecular weight excluding hydrogens is 380 g/mol. The third-order valence-corrected chi connectivity index (χ3v) is 7.37. The van der Waals surface area contributed by atoms with Gasteiger partial charge in [0.2, 0.25) is 5.91 Å². The number of amides is 1. The molecule has 0 atom stereocenters. The molecule has 0 unspecified atom stereocenters. The zero-order chi connectivity index (χ0) is 20.5. The number of hydrogen-bond acceptors (Lipinski definition) is 7. The Kier molecular flexibility index (Phi) is 5.78. The summed E-state index contributed by atoms with van der Waals surface area (Å²) in [4.78, 5) is 31.5. The molecule has 1 aliphatic carbocycles. The molecular formula is C22H34N6O2. The molecule has 1 amide bonds. The molecule has 4 heterocycles. The van der Waals surface area contributed by atoms with Crippen LogP contribution >= 0.6 is 0 Å². The first kappa shape index (κ1) is 20.0. The number of carbonyl (C=O) groups excluding carboxylic acids is 1. The number of morpholine rings is 1. The second-order valence-electron chi connectivity index (χ2n) is 9.18. The van der Waals surface area contributed by atoms with Crippen molar-refractivity contribution in [2.24, 2.45) is 0 Å². The van der Waals surface area contributed by atoms with Gasteiger partial charge < -0.3 is 19.4 Å². The second kappa shape index (κ2) is 8.67. The lowest BCUT2D eigenvalue weighted by atomic mass is 10.0. The van der Waals surface area contributed by atoms with Crippen molar-refractivity contribution in [1.29, 1.82) is 0 Å². The Bertz CT molecular complexity index is 754. The Morgan fingerprint density at radius 3 is 2.33 bits per heavy atom. The van der Waals surface area contributed by atoms with E-state index in [4.69, 9.17) is 9.72 Å². The maximum atomic E-state index is 13.0. The van der Waals surface area contributed by atoms with Gasteiger partial charge in [0.05, 0.1) is 31.9 Å². The number of rotatable bonds is 3. The largest absolute Gasteiger partial charge is 0.379 e. The van der Waals surface area contributed by atoms with Crippen LogP contribution in [-0.2, 0) is 16.1 Å². The Morgan fingerprint density at radius 1 is 0.900 bits per heavy atom. The summed E-state index contributed by atoms with van der Waals surface area (Å²) in [5.74, 6) is 2.17. The van der Waals surface area contributed by atoms with Gasteiger partial charge in [-0.15, -0.1) is 0 Å². The van der Waals surface area contributed by atoms with Crippen molar-refractivity contribution in [3.63, 3.8) is 0 Å². The van der Waals surface area contributed by atoms with E-state index in [1.54, 1.807) is 6.33 Å². The van der Waals surface area contributed by atoms with E-state index in [-0.39, 0.29) is 5.91 Å². The predicted octanol–water partition coefficient (Wildman–Crippen LogP) is 1.50. The third-order valence-electron chi connectivity index (χ3n) is 7.37. The molecule has 30 heavy (non-hydrogen) atoms. The number of ether oxygens (including phenoxy) is 1. The van der Waals surface area contributed by atoms with Crippen LogP contribution < -0.4 is 9.80 Å². The monoisotopic (exact) mass is 414 g/mol. The van der Waals surface area contributed by atoms with Gasteiger partial charge in [0.25, 0.3) is 0 Å². The standard InChI is InChI=1S/C22H34N6O2/c1-25-15-20(29)28(18-4-2-3-5-18)14-19-21(25)23-16-24-22(19)27-8-6-17(7-9-27)26-10-12-30-13-11-26/h16-18H,2-15H2,1H3. The molecule has 1 saturated carbocycles. The Hall–Kier alpha value is -1.93. The first-order valence-electron chi connectivity index (χ1n) is 11.6. The van der Waals surface area contributed by atoms with Crippen LogP contribution in [0.25, 0.3) is 0 Å². The summed E-state index contributed by atoms with van der Waals surface area (Å²) in [6.45, 7) is 6.88. The number of likely N-dealkylation sites (N-methyl/N-ethyl adjacent to an activating group) is 1. The van der Waals surface area contributed by atoms with Crippen molar-refractivity contribution in [2.75, 3.05) is 62.8 Å². The molecule has 3 aliphatic heterocycles. The Morgan fingerprint density at radius 2 is 1.60 bits per heavy atom. The van der Waals surface area contributed by atoms with Crippen LogP contribution in [0.4, 0.5) is 11.6 Å². The van der Waals surface area contributed by atoms with E-state index in [9.17, 15) is 4.79 Å². The summed E-state index contributed by atoms with van der Waals surface area (Å²) in [5.41, 5.74) is 1.13. The molecule has 0 spiro atoms. The van der Waals surface area contributed by atoms with E-state index >= 15 is 0 Å². The lowest BCUT2D eigenvalue weighted by Crippen LogP contribution is -2.49. The van der Waals surface area contributed by atoms with Gasteiger partial charge in [-0.25, -0.2) is 9.97 Å². The van der Waals surface area contributed by atoms with E-state index < -0.39 is 0 Å². The van der Waals surface area contributed by atoms with Crippen molar-refractivity contribution >= 4 is 17.5 Å². The number of nitrogens with zero attached hydrogens (tertiary/aromatic N) is 6. The Labute approximate surface area is 179 Å². The fourth-order valence-corrected chi connectivity index (χ4v) is 5.70. The quantitative estimate of drug-likeness (QED) is 0.743. The third kappa shape index (κ3) is 3.87. The SMILES string of the molecule is CN1CC(=O)N(C2CCCC2)Cc2c1ncnc2N1CCC(N2CCOCC2)CC1. The van der Waals surface area contributed by atoms with Crippen molar-refractivity contribution in [1.82, 2.24) is 19.8 Å². The minimum Gasteiger partial charge on any atom is -0.379 e. The van der Waals surface area contributed by atoms with E-state index in [2.05, 4.69) is 19.7 Å². The van der Waals surface area contributed by atoms with E-state index in [0.29, 0.717) is 25.2 Å². The number of piperidine rings is 1. The van der Waals surface area contributed by atoms with Crippen LogP contribution in [0.15, 0.2) is 6.33 Å². The topological polar surface area (TPSA) is 65.0 Å². The average Bonchev–Trinajstić information content (AvgIpc) is 3.28. The molecule has 3 fully saturated rings. The molecule has 0 radical (unpaired) electrons.